The molecule has 4 rings (SSSR count). The zero-order valence-electron chi connectivity index (χ0n) is 14.0. The van der Waals surface area contributed by atoms with Crippen molar-refractivity contribution in [3.63, 3.8) is 0 Å². The van der Waals surface area contributed by atoms with Gasteiger partial charge in [-0.15, -0.1) is 0 Å². The molecule has 26 heavy (non-hydrogen) atoms. The number of carbonyl (C=O) groups excluding carboxylic acids is 1. The van der Waals surface area contributed by atoms with E-state index < -0.39 is 23.2 Å². The molecule has 0 saturated heterocycles. The maximum Gasteiger partial charge on any atom is 0.288 e. The third kappa shape index (κ3) is 2.63. The van der Waals surface area contributed by atoms with Crippen molar-refractivity contribution in [2.75, 3.05) is 6.61 Å². The minimum atomic E-state index is -0.661. The molecule has 1 aromatic heterocycles. The van der Waals surface area contributed by atoms with E-state index in [9.17, 15) is 14.0 Å². The van der Waals surface area contributed by atoms with Gasteiger partial charge in [0.1, 0.15) is 17.1 Å². The van der Waals surface area contributed by atoms with E-state index in [4.69, 9.17) is 9.15 Å². The number of benzene rings is 2. The lowest BCUT2D eigenvalue weighted by molar-refractivity contribution is 0.0938. The minimum Gasteiger partial charge on any atom is -0.494 e. The van der Waals surface area contributed by atoms with Gasteiger partial charge in [0, 0.05) is 0 Å². The van der Waals surface area contributed by atoms with E-state index in [0.29, 0.717) is 17.9 Å². The lowest BCUT2D eigenvalue weighted by Crippen LogP contribution is -2.22. The Bertz CT molecular complexity index is 1070. The predicted molar refractivity (Wildman–Crippen MR) is 94.0 cm³/mol. The second-order valence-corrected chi connectivity index (χ2v) is 6.14. The van der Waals surface area contributed by atoms with Gasteiger partial charge in [0.05, 0.1) is 23.6 Å². The van der Waals surface area contributed by atoms with Crippen LogP contribution in [0.3, 0.4) is 0 Å². The van der Waals surface area contributed by atoms with Gasteiger partial charge in [-0.05, 0) is 42.3 Å². The first kappa shape index (κ1) is 16.3. The summed E-state index contributed by atoms with van der Waals surface area (Å²) in [6.45, 7) is 2.58. The van der Waals surface area contributed by atoms with Gasteiger partial charge in [0.2, 0.25) is 5.76 Å². The van der Waals surface area contributed by atoms with Crippen molar-refractivity contribution in [2.24, 2.45) is 0 Å². The van der Waals surface area contributed by atoms with Crippen LogP contribution in [0.1, 0.15) is 41.1 Å². The molecular formula is C20H16FNO4. The molecule has 3 aromatic rings. The van der Waals surface area contributed by atoms with Crippen molar-refractivity contribution in [3.05, 3.63) is 75.4 Å². The minimum absolute atomic E-state index is 0.0287. The second-order valence-electron chi connectivity index (χ2n) is 6.14. The molecule has 0 aliphatic carbocycles. The molecule has 1 aliphatic rings. The van der Waals surface area contributed by atoms with Crippen LogP contribution in [-0.4, -0.2) is 12.5 Å². The fourth-order valence-electron chi connectivity index (χ4n) is 3.14. The van der Waals surface area contributed by atoms with Crippen molar-refractivity contribution in [1.82, 2.24) is 5.32 Å². The summed E-state index contributed by atoms with van der Waals surface area (Å²) < 4.78 is 24.8. The molecule has 132 valence electrons. The quantitative estimate of drug-likeness (QED) is 0.779. The molecule has 1 N–H and O–H groups in total. The molecule has 0 saturated carbocycles. The summed E-state index contributed by atoms with van der Waals surface area (Å²) in [7, 11) is 0. The molecule has 2 aromatic carbocycles. The Morgan fingerprint density at radius 2 is 2.04 bits per heavy atom. The highest BCUT2D eigenvalue weighted by atomic mass is 19.1. The van der Waals surface area contributed by atoms with Crippen LogP contribution < -0.4 is 15.5 Å². The third-order valence-corrected chi connectivity index (χ3v) is 4.32. The number of nitrogens with one attached hydrogen (secondary N) is 1. The van der Waals surface area contributed by atoms with Crippen molar-refractivity contribution >= 4 is 16.9 Å². The molecule has 0 bridgehead atoms. The summed E-state index contributed by atoms with van der Waals surface area (Å²) in [5.41, 5.74) is 0.671. The highest BCUT2D eigenvalue weighted by Gasteiger charge is 2.36. The Kier molecular flexibility index (Phi) is 3.95. The van der Waals surface area contributed by atoms with Crippen molar-refractivity contribution in [2.45, 2.75) is 19.4 Å². The van der Waals surface area contributed by atoms with E-state index in [1.165, 1.54) is 12.1 Å². The van der Waals surface area contributed by atoms with Crippen LogP contribution in [0.15, 0.2) is 51.7 Å². The van der Waals surface area contributed by atoms with Gasteiger partial charge in [0.15, 0.2) is 5.43 Å². The Morgan fingerprint density at radius 1 is 1.19 bits per heavy atom. The maximum absolute atomic E-state index is 13.6. The Balaban J connectivity index is 1.86. The number of hydrogen-bond donors (Lipinski definition) is 1. The smallest absolute Gasteiger partial charge is 0.288 e. The molecule has 0 radical (unpaired) electrons. The van der Waals surface area contributed by atoms with Gasteiger partial charge in [-0.2, -0.15) is 0 Å². The lowest BCUT2D eigenvalue weighted by atomic mass is 9.99. The highest BCUT2D eigenvalue weighted by molar-refractivity contribution is 5.98. The number of halogens is 1. The Hall–Kier alpha value is -3.15. The van der Waals surface area contributed by atoms with E-state index >= 15 is 0 Å². The second kappa shape index (κ2) is 6.29. The van der Waals surface area contributed by atoms with E-state index in [1.807, 2.05) is 13.0 Å². The zero-order chi connectivity index (χ0) is 18.3. The number of rotatable bonds is 4. The number of carbonyl (C=O) groups is 1. The molecule has 1 aliphatic heterocycles. The van der Waals surface area contributed by atoms with Crippen molar-refractivity contribution in [3.8, 4) is 5.75 Å². The average molecular weight is 353 g/mol. The van der Waals surface area contributed by atoms with Crippen LogP contribution in [0, 0.1) is 5.82 Å². The monoisotopic (exact) mass is 353 g/mol. The van der Waals surface area contributed by atoms with Crippen LogP contribution in [0.25, 0.3) is 11.0 Å². The van der Waals surface area contributed by atoms with Gasteiger partial charge in [0.25, 0.3) is 5.91 Å². The molecule has 6 heteroatoms. The summed E-state index contributed by atoms with van der Waals surface area (Å²) in [6, 6.07) is 10.2. The third-order valence-electron chi connectivity index (χ3n) is 4.32. The maximum atomic E-state index is 13.6. The Labute approximate surface area is 148 Å². The first-order valence-corrected chi connectivity index (χ1v) is 8.38. The summed E-state index contributed by atoms with van der Waals surface area (Å²) in [4.78, 5) is 25.2. The van der Waals surface area contributed by atoms with Gasteiger partial charge in [-0.1, -0.05) is 19.1 Å². The molecule has 5 nitrogen and oxygen atoms in total. The number of amides is 1. The standard InChI is InChI=1S/C20H16FNO4/c1-2-8-25-13-5-3-4-11(9-13)17-16-18(23)14-10-12(21)6-7-15(14)26-19(16)20(24)22-17/h3-7,9-10,17H,2,8H2,1H3,(H,22,24). The molecule has 2 heterocycles. The molecule has 0 fully saturated rings. The van der Waals surface area contributed by atoms with E-state index in [2.05, 4.69) is 5.32 Å². The molecule has 0 spiro atoms. The zero-order valence-corrected chi connectivity index (χ0v) is 14.0. The predicted octanol–water partition coefficient (Wildman–Crippen LogP) is 3.55. The highest BCUT2D eigenvalue weighted by Crippen LogP contribution is 2.32. The Morgan fingerprint density at radius 3 is 2.85 bits per heavy atom. The van der Waals surface area contributed by atoms with E-state index in [1.54, 1.807) is 18.2 Å². The topological polar surface area (TPSA) is 68.5 Å². The molecule has 1 amide bonds. The van der Waals surface area contributed by atoms with Crippen LogP contribution in [0.4, 0.5) is 4.39 Å². The lowest BCUT2D eigenvalue weighted by Gasteiger charge is -2.13. The number of hydrogen-bond acceptors (Lipinski definition) is 4. The first-order chi connectivity index (χ1) is 12.6. The van der Waals surface area contributed by atoms with E-state index in [0.717, 1.165) is 12.5 Å². The number of fused-ring (bicyclic) bond motifs is 2. The van der Waals surface area contributed by atoms with Crippen molar-refractivity contribution in [1.29, 1.82) is 0 Å². The molecular weight excluding hydrogens is 337 g/mol. The summed E-state index contributed by atoms with van der Waals surface area (Å²) in [6.07, 6.45) is 0.869. The number of ether oxygens (including phenoxy) is 1. The normalized spacial score (nSPS) is 15.8. The fourth-order valence-corrected chi connectivity index (χ4v) is 3.14. The summed E-state index contributed by atoms with van der Waals surface area (Å²) in [5, 5.41) is 2.88. The van der Waals surface area contributed by atoms with Crippen LogP contribution in [0.2, 0.25) is 0 Å². The fraction of sp³-hybridized carbons (Fsp3) is 0.200. The SMILES string of the molecule is CCCOc1cccc(C2NC(=O)c3oc4ccc(F)cc4c(=O)c32)c1. The van der Waals surface area contributed by atoms with Gasteiger partial charge < -0.3 is 14.5 Å². The largest absolute Gasteiger partial charge is 0.494 e. The average Bonchev–Trinajstić information content (AvgIpc) is 2.98. The van der Waals surface area contributed by atoms with Gasteiger partial charge in [-0.3, -0.25) is 9.59 Å². The summed E-state index contributed by atoms with van der Waals surface area (Å²) >= 11 is 0. The van der Waals surface area contributed by atoms with E-state index in [-0.39, 0.29) is 22.3 Å². The van der Waals surface area contributed by atoms with Crippen molar-refractivity contribution < 1.29 is 18.3 Å². The van der Waals surface area contributed by atoms with Crippen LogP contribution >= 0.6 is 0 Å². The van der Waals surface area contributed by atoms with Gasteiger partial charge >= 0.3 is 0 Å². The first-order valence-electron chi connectivity index (χ1n) is 8.38. The summed E-state index contributed by atoms with van der Waals surface area (Å²) in [5.74, 6) is -0.371. The molecule has 1 unspecified atom stereocenters. The van der Waals surface area contributed by atoms with Gasteiger partial charge in [-0.25, -0.2) is 4.39 Å². The van der Waals surface area contributed by atoms with Crippen LogP contribution in [0.5, 0.6) is 5.75 Å². The van der Waals surface area contributed by atoms with Crippen LogP contribution in [-0.2, 0) is 0 Å². The molecule has 1 atom stereocenters.